The molecule has 0 heterocycles. The third-order valence-electron chi connectivity index (χ3n) is 3.63. The minimum Gasteiger partial charge on any atom is -0.390 e. The van der Waals surface area contributed by atoms with Crippen molar-refractivity contribution in [2.75, 3.05) is 0 Å². The molecule has 9 heteroatoms. The second-order valence-corrected chi connectivity index (χ2v) is 5.02. The molecule has 0 spiro atoms. The maximum atomic E-state index is 10.2. The van der Waals surface area contributed by atoms with Gasteiger partial charge in [-0.2, -0.15) is 0 Å². The fourth-order valence-corrected chi connectivity index (χ4v) is 2.49. The lowest BCUT2D eigenvalue weighted by molar-refractivity contribution is -0.138. The summed E-state index contributed by atoms with van der Waals surface area (Å²) in [5, 5.41) is 27.4. The van der Waals surface area contributed by atoms with E-state index < -0.39 is 30.4 Å². The highest BCUT2D eigenvalue weighted by Gasteiger charge is 2.43. The first-order valence-corrected chi connectivity index (χ1v) is 6.77. The summed E-state index contributed by atoms with van der Waals surface area (Å²) in [6.07, 6.45) is -3.26. The van der Waals surface area contributed by atoms with Gasteiger partial charge in [-0.3, -0.25) is 0 Å². The van der Waals surface area contributed by atoms with Crippen molar-refractivity contribution in [2.24, 2.45) is 10.2 Å². The third-order valence-corrected chi connectivity index (χ3v) is 3.63. The molecule has 0 saturated heterocycles. The van der Waals surface area contributed by atoms with Crippen LogP contribution in [0.15, 0.2) is 40.6 Å². The lowest BCUT2D eigenvalue weighted by Gasteiger charge is -2.39. The van der Waals surface area contributed by atoms with Crippen LogP contribution in [0.5, 0.6) is 0 Å². The van der Waals surface area contributed by atoms with Crippen molar-refractivity contribution in [3.63, 3.8) is 0 Å². The number of aliphatic hydroxyl groups is 2. The lowest BCUT2D eigenvalue weighted by atomic mass is 9.84. The van der Waals surface area contributed by atoms with Gasteiger partial charge in [0.1, 0.15) is 6.10 Å². The molecule has 116 valence electrons. The number of ether oxygens (including phenoxy) is 1. The van der Waals surface area contributed by atoms with E-state index in [1.165, 1.54) is 0 Å². The zero-order valence-electron chi connectivity index (χ0n) is 11.7. The predicted molar refractivity (Wildman–Crippen MR) is 77.5 cm³/mol. The van der Waals surface area contributed by atoms with Crippen molar-refractivity contribution in [2.45, 2.75) is 43.4 Å². The van der Waals surface area contributed by atoms with Crippen LogP contribution in [0.1, 0.15) is 12.0 Å². The summed E-state index contributed by atoms with van der Waals surface area (Å²) in [7, 11) is 0. The van der Waals surface area contributed by atoms with Crippen LogP contribution in [0.2, 0.25) is 0 Å². The third kappa shape index (κ3) is 3.67. The molecule has 1 fully saturated rings. The number of hydrogen-bond acceptors (Lipinski definition) is 5. The van der Waals surface area contributed by atoms with Gasteiger partial charge in [0.25, 0.3) is 0 Å². The van der Waals surface area contributed by atoms with E-state index in [0.29, 0.717) is 0 Å². The van der Waals surface area contributed by atoms with E-state index in [1.54, 1.807) is 0 Å². The van der Waals surface area contributed by atoms with E-state index in [9.17, 15) is 10.2 Å². The summed E-state index contributed by atoms with van der Waals surface area (Å²) in [4.78, 5) is 5.35. The van der Waals surface area contributed by atoms with E-state index in [2.05, 4.69) is 20.1 Å². The Kier molecular flexibility index (Phi) is 5.60. The number of azide groups is 2. The van der Waals surface area contributed by atoms with Crippen LogP contribution < -0.4 is 0 Å². The molecule has 0 bridgehead atoms. The zero-order chi connectivity index (χ0) is 15.9. The van der Waals surface area contributed by atoms with Crippen LogP contribution in [0, 0.1) is 0 Å². The molecule has 0 aliphatic heterocycles. The Morgan fingerprint density at radius 3 is 2.09 bits per heavy atom. The topological polar surface area (TPSA) is 147 Å². The molecule has 1 aliphatic rings. The largest absolute Gasteiger partial charge is 0.390 e. The first-order valence-electron chi connectivity index (χ1n) is 6.77. The molecule has 5 atom stereocenters. The van der Waals surface area contributed by atoms with E-state index in [-0.39, 0.29) is 13.0 Å². The van der Waals surface area contributed by atoms with Gasteiger partial charge < -0.3 is 14.9 Å². The van der Waals surface area contributed by atoms with Crippen molar-refractivity contribution < 1.29 is 14.9 Å². The van der Waals surface area contributed by atoms with Gasteiger partial charge in [0, 0.05) is 9.82 Å². The summed E-state index contributed by atoms with van der Waals surface area (Å²) < 4.78 is 5.58. The SMILES string of the molecule is [N-]=[N+]=N[C@H]1C[C@@H](N=[N+]=[N-])[C@H](O)C(OCc2ccccc2)[C@@H]1O. The summed E-state index contributed by atoms with van der Waals surface area (Å²) in [5.74, 6) is 0. The fourth-order valence-electron chi connectivity index (χ4n) is 2.49. The molecule has 2 N–H and O–H groups in total. The molecule has 0 amide bonds. The Hall–Kier alpha value is -2.28. The van der Waals surface area contributed by atoms with Gasteiger partial charge in [-0.1, -0.05) is 40.6 Å². The molecule has 0 aromatic heterocycles. The number of benzene rings is 1. The van der Waals surface area contributed by atoms with E-state index in [4.69, 9.17) is 15.8 Å². The zero-order valence-corrected chi connectivity index (χ0v) is 11.7. The van der Waals surface area contributed by atoms with Crippen molar-refractivity contribution in [3.05, 3.63) is 56.8 Å². The van der Waals surface area contributed by atoms with Gasteiger partial charge in [0.05, 0.1) is 30.9 Å². The lowest BCUT2D eigenvalue weighted by Crippen LogP contribution is -2.55. The Balaban J connectivity index is 2.13. The van der Waals surface area contributed by atoms with Crippen LogP contribution in [-0.2, 0) is 11.3 Å². The Labute approximate surface area is 126 Å². The summed E-state index contributed by atoms with van der Waals surface area (Å²) in [6.45, 7) is 0.172. The van der Waals surface area contributed by atoms with E-state index in [1.807, 2.05) is 30.3 Å². The molecular formula is C13H16N6O3. The van der Waals surface area contributed by atoms with Crippen LogP contribution in [0.4, 0.5) is 0 Å². The average Bonchev–Trinajstić information content (AvgIpc) is 2.53. The van der Waals surface area contributed by atoms with E-state index in [0.717, 1.165) is 5.56 Å². The second-order valence-electron chi connectivity index (χ2n) is 5.02. The highest BCUT2D eigenvalue weighted by atomic mass is 16.5. The van der Waals surface area contributed by atoms with Crippen LogP contribution in [0.3, 0.4) is 0 Å². The highest BCUT2D eigenvalue weighted by Crippen LogP contribution is 2.28. The fraction of sp³-hybridized carbons (Fsp3) is 0.538. The molecule has 1 unspecified atom stereocenters. The maximum Gasteiger partial charge on any atom is 0.110 e. The van der Waals surface area contributed by atoms with Gasteiger partial charge in [-0.15, -0.1) is 0 Å². The number of hydrogen-bond donors (Lipinski definition) is 2. The van der Waals surface area contributed by atoms with Crippen LogP contribution in [-0.4, -0.2) is 40.6 Å². The molecule has 22 heavy (non-hydrogen) atoms. The molecule has 1 saturated carbocycles. The summed E-state index contributed by atoms with van der Waals surface area (Å²) in [6, 6.07) is 7.61. The number of nitrogens with zero attached hydrogens (tertiary/aromatic N) is 6. The van der Waals surface area contributed by atoms with Gasteiger partial charge in [0.15, 0.2) is 0 Å². The van der Waals surface area contributed by atoms with Crippen molar-refractivity contribution in [1.82, 2.24) is 0 Å². The smallest absolute Gasteiger partial charge is 0.110 e. The maximum absolute atomic E-state index is 10.2. The molecule has 9 nitrogen and oxygen atoms in total. The average molecular weight is 304 g/mol. The number of aliphatic hydroxyl groups excluding tert-OH is 2. The van der Waals surface area contributed by atoms with Gasteiger partial charge in [-0.05, 0) is 23.0 Å². The molecule has 0 radical (unpaired) electrons. The summed E-state index contributed by atoms with van der Waals surface area (Å²) in [5.41, 5.74) is 18.0. The van der Waals surface area contributed by atoms with Gasteiger partial charge in [-0.25, -0.2) is 0 Å². The predicted octanol–water partition coefficient (Wildman–Crippen LogP) is 2.06. The minimum atomic E-state index is -1.17. The van der Waals surface area contributed by atoms with Crippen LogP contribution >= 0.6 is 0 Å². The van der Waals surface area contributed by atoms with Gasteiger partial charge in [0.2, 0.25) is 0 Å². The first-order chi connectivity index (χ1) is 10.7. The van der Waals surface area contributed by atoms with Crippen molar-refractivity contribution in [3.8, 4) is 0 Å². The Morgan fingerprint density at radius 2 is 1.59 bits per heavy atom. The normalized spacial score (nSPS) is 30.9. The molecule has 1 aliphatic carbocycles. The Bertz CT molecular complexity index is 555. The standard InChI is InChI=1S/C13H16N6O3/c14-18-16-9-6-10(17-19-15)12(21)13(11(9)20)22-7-8-4-2-1-3-5-8/h1-5,9-13,20-21H,6-7H2/t9-,10+,11+,12-,13?. The minimum absolute atomic E-state index is 0.0711. The summed E-state index contributed by atoms with van der Waals surface area (Å²) >= 11 is 0. The molecular weight excluding hydrogens is 288 g/mol. The van der Waals surface area contributed by atoms with E-state index >= 15 is 0 Å². The van der Waals surface area contributed by atoms with Crippen LogP contribution in [0.25, 0.3) is 20.9 Å². The number of rotatable bonds is 5. The second kappa shape index (κ2) is 7.65. The monoisotopic (exact) mass is 304 g/mol. The molecule has 2 rings (SSSR count). The molecule has 1 aromatic rings. The van der Waals surface area contributed by atoms with Gasteiger partial charge >= 0.3 is 0 Å². The molecule has 1 aromatic carbocycles. The quantitative estimate of drug-likeness (QED) is 0.487. The first kappa shape index (κ1) is 16.1. The highest BCUT2D eigenvalue weighted by molar-refractivity contribution is 5.13. The Morgan fingerprint density at radius 1 is 1.05 bits per heavy atom. The van der Waals surface area contributed by atoms with Crippen molar-refractivity contribution >= 4 is 0 Å². The van der Waals surface area contributed by atoms with Crippen molar-refractivity contribution in [1.29, 1.82) is 0 Å².